The first-order chi connectivity index (χ1) is 10.2. The van der Waals surface area contributed by atoms with Gasteiger partial charge in [0, 0.05) is 11.1 Å². The van der Waals surface area contributed by atoms with Crippen LogP contribution in [0.2, 0.25) is 0 Å². The molecule has 0 aromatic heterocycles. The van der Waals surface area contributed by atoms with Crippen molar-refractivity contribution >= 4 is 11.9 Å². The predicted octanol–water partition coefficient (Wildman–Crippen LogP) is 2.24. The van der Waals surface area contributed by atoms with Crippen molar-refractivity contribution < 1.29 is 28.5 Å². The Balaban J connectivity index is 2.40. The molecule has 0 saturated carbocycles. The Morgan fingerprint density at radius 2 is 1.18 bits per heavy atom. The van der Waals surface area contributed by atoms with Crippen molar-refractivity contribution in [2.75, 3.05) is 13.2 Å². The van der Waals surface area contributed by atoms with Crippen LogP contribution in [0.3, 0.4) is 0 Å². The van der Waals surface area contributed by atoms with Gasteiger partial charge in [-0.15, -0.1) is 0 Å². The molecule has 2 aliphatic heterocycles. The molecule has 22 heavy (non-hydrogen) atoms. The molecule has 0 saturated heterocycles. The third-order valence-electron chi connectivity index (χ3n) is 4.56. The summed E-state index contributed by atoms with van der Waals surface area (Å²) in [4.78, 5) is 24.1. The van der Waals surface area contributed by atoms with Gasteiger partial charge in [-0.05, 0) is 41.5 Å². The van der Waals surface area contributed by atoms with E-state index in [9.17, 15) is 9.59 Å². The Morgan fingerprint density at radius 1 is 0.864 bits per heavy atom. The fourth-order valence-corrected chi connectivity index (χ4v) is 2.84. The minimum absolute atomic E-state index is 0.147. The summed E-state index contributed by atoms with van der Waals surface area (Å²) < 4.78 is 21.8. The van der Waals surface area contributed by atoms with E-state index in [4.69, 9.17) is 18.9 Å². The average Bonchev–Trinajstić information content (AvgIpc) is 2.79. The quantitative estimate of drug-likeness (QED) is 0.742. The van der Waals surface area contributed by atoms with Crippen LogP contribution in [0.25, 0.3) is 0 Å². The van der Waals surface area contributed by atoms with E-state index in [2.05, 4.69) is 0 Å². The largest absolute Gasteiger partial charge is 0.471 e. The van der Waals surface area contributed by atoms with Crippen molar-refractivity contribution in [1.82, 2.24) is 0 Å². The SMILES string of the molecule is CCOC(=O)C1=C(C)[C@]2(C)OC(C(=O)OCC)=C(C)[C@]2(C)O1. The lowest BCUT2D eigenvalue weighted by Gasteiger charge is -2.33. The molecule has 0 N–H and O–H groups in total. The van der Waals surface area contributed by atoms with Crippen LogP contribution < -0.4 is 0 Å². The zero-order valence-electron chi connectivity index (χ0n) is 13.9. The molecular formula is C16H22O6. The summed E-state index contributed by atoms with van der Waals surface area (Å²) in [5.74, 6) is -0.750. The molecule has 0 bridgehead atoms. The second kappa shape index (κ2) is 5.34. The van der Waals surface area contributed by atoms with E-state index in [-0.39, 0.29) is 24.7 Å². The van der Waals surface area contributed by atoms with E-state index in [1.165, 1.54) is 0 Å². The maximum atomic E-state index is 12.0. The van der Waals surface area contributed by atoms with Crippen molar-refractivity contribution in [3.05, 3.63) is 22.7 Å². The van der Waals surface area contributed by atoms with Gasteiger partial charge in [0.25, 0.3) is 0 Å². The normalized spacial score (nSPS) is 29.9. The van der Waals surface area contributed by atoms with Gasteiger partial charge in [0.1, 0.15) is 0 Å². The van der Waals surface area contributed by atoms with Gasteiger partial charge in [-0.1, -0.05) is 0 Å². The molecule has 2 atom stereocenters. The zero-order chi connectivity index (χ0) is 16.7. The van der Waals surface area contributed by atoms with Crippen molar-refractivity contribution in [3.63, 3.8) is 0 Å². The predicted molar refractivity (Wildman–Crippen MR) is 77.6 cm³/mol. The first kappa shape index (κ1) is 16.4. The summed E-state index contributed by atoms with van der Waals surface area (Å²) in [6.07, 6.45) is 0. The van der Waals surface area contributed by atoms with E-state index in [1.54, 1.807) is 41.5 Å². The van der Waals surface area contributed by atoms with Gasteiger partial charge >= 0.3 is 11.9 Å². The molecule has 0 aliphatic carbocycles. The summed E-state index contributed by atoms with van der Waals surface area (Å²) in [7, 11) is 0. The molecule has 0 aromatic carbocycles. The van der Waals surface area contributed by atoms with Crippen LogP contribution in [0.1, 0.15) is 41.5 Å². The van der Waals surface area contributed by atoms with Crippen LogP contribution in [0.5, 0.6) is 0 Å². The lowest BCUT2D eigenvalue weighted by Crippen LogP contribution is -2.46. The molecule has 122 valence electrons. The minimum atomic E-state index is -0.943. The van der Waals surface area contributed by atoms with Crippen LogP contribution >= 0.6 is 0 Å². The Bertz CT molecular complexity index is 535. The van der Waals surface area contributed by atoms with Crippen molar-refractivity contribution in [2.45, 2.75) is 52.7 Å². The second-order valence-corrected chi connectivity index (χ2v) is 5.62. The number of rotatable bonds is 4. The summed E-state index contributed by atoms with van der Waals surface area (Å²) in [5, 5.41) is 0. The van der Waals surface area contributed by atoms with Gasteiger partial charge in [-0.3, -0.25) is 0 Å². The van der Waals surface area contributed by atoms with Gasteiger partial charge in [0.05, 0.1) is 13.2 Å². The Kier molecular flexibility index (Phi) is 3.98. The van der Waals surface area contributed by atoms with E-state index in [0.29, 0.717) is 11.1 Å². The number of fused-ring (bicyclic) bond motifs is 1. The van der Waals surface area contributed by atoms with Crippen LogP contribution in [-0.4, -0.2) is 36.4 Å². The lowest BCUT2D eigenvalue weighted by atomic mass is 9.79. The topological polar surface area (TPSA) is 71.1 Å². The number of ether oxygens (including phenoxy) is 4. The monoisotopic (exact) mass is 310 g/mol. The third-order valence-corrected chi connectivity index (χ3v) is 4.56. The maximum Gasteiger partial charge on any atom is 0.373 e. The van der Waals surface area contributed by atoms with Gasteiger partial charge in [-0.25, -0.2) is 9.59 Å². The highest BCUT2D eigenvalue weighted by Crippen LogP contribution is 2.55. The average molecular weight is 310 g/mol. The smallest absolute Gasteiger partial charge is 0.373 e. The highest BCUT2D eigenvalue weighted by molar-refractivity contribution is 5.91. The molecule has 0 unspecified atom stereocenters. The fraction of sp³-hybridized carbons (Fsp3) is 0.625. The van der Waals surface area contributed by atoms with Crippen LogP contribution in [0.4, 0.5) is 0 Å². The van der Waals surface area contributed by atoms with E-state index in [1.807, 2.05) is 0 Å². The van der Waals surface area contributed by atoms with Gasteiger partial charge in [-0.2, -0.15) is 0 Å². The second-order valence-electron chi connectivity index (χ2n) is 5.62. The molecule has 2 aliphatic rings. The van der Waals surface area contributed by atoms with Crippen molar-refractivity contribution in [3.8, 4) is 0 Å². The van der Waals surface area contributed by atoms with E-state index < -0.39 is 23.1 Å². The molecule has 0 amide bonds. The Labute approximate surface area is 130 Å². The molecule has 2 heterocycles. The molecule has 2 rings (SSSR count). The van der Waals surface area contributed by atoms with Gasteiger partial charge in [0.15, 0.2) is 11.2 Å². The number of esters is 2. The molecule has 0 spiro atoms. The molecule has 6 heteroatoms. The van der Waals surface area contributed by atoms with E-state index in [0.717, 1.165) is 0 Å². The fourth-order valence-electron chi connectivity index (χ4n) is 2.84. The summed E-state index contributed by atoms with van der Waals surface area (Å²) in [6.45, 7) is 11.1. The standard InChI is InChI=1S/C16H22O6/c1-7-19-13(17)11-9(3)15(5)16(6,21-11)10(4)12(22-15)14(18)20-8-2/h7-8H2,1-6H3/t15-,16-/m0/s1. The molecular weight excluding hydrogens is 288 g/mol. The highest BCUT2D eigenvalue weighted by atomic mass is 16.6. The Hall–Kier alpha value is -1.98. The summed E-state index contributed by atoms with van der Waals surface area (Å²) >= 11 is 0. The number of carbonyl (C=O) groups excluding carboxylic acids is 2. The molecule has 0 aromatic rings. The first-order valence-corrected chi connectivity index (χ1v) is 7.37. The van der Waals surface area contributed by atoms with Crippen LogP contribution in [-0.2, 0) is 28.5 Å². The number of hydrogen-bond acceptors (Lipinski definition) is 6. The van der Waals surface area contributed by atoms with E-state index >= 15 is 0 Å². The maximum absolute atomic E-state index is 12.0. The summed E-state index contributed by atoms with van der Waals surface area (Å²) in [5.41, 5.74) is -0.679. The molecule has 0 radical (unpaired) electrons. The van der Waals surface area contributed by atoms with Crippen LogP contribution in [0.15, 0.2) is 22.7 Å². The number of hydrogen-bond donors (Lipinski definition) is 0. The van der Waals surface area contributed by atoms with Crippen molar-refractivity contribution in [2.24, 2.45) is 0 Å². The molecule has 6 nitrogen and oxygen atoms in total. The minimum Gasteiger partial charge on any atom is -0.471 e. The van der Waals surface area contributed by atoms with Gasteiger partial charge < -0.3 is 18.9 Å². The van der Waals surface area contributed by atoms with Crippen LogP contribution in [0, 0.1) is 0 Å². The zero-order valence-corrected chi connectivity index (χ0v) is 13.9. The lowest BCUT2D eigenvalue weighted by molar-refractivity contribution is -0.148. The third kappa shape index (κ3) is 2.01. The number of carbonyl (C=O) groups is 2. The first-order valence-electron chi connectivity index (χ1n) is 7.37. The summed E-state index contributed by atoms with van der Waals surface area (Å²) in [6, 6.07) is 0. The highest BCUT2D eigenvalue weighted by Gasteiger charge is 2.64. The van der Waals surface area contributed by atoms with Crippen molar-refractivity contribution in [1.29, 1.82) is 0 Å². The van der Waals surface area contributed by atoms with Gasteiger partial charge in [0.2, 0.25) is 11.5 Å². The Morgan fingerprint density at radius 3 is 1.45 bits per heavy atom. The molecule has 0 fully saturated rings.